The summed E-state index contributed by atoms with van der Waals surface area (Å²) in [5.74, 6) is 0.299. The second-order valence-corrected chi connectivity index (χ2v) is 4.57. The number of aromatic nitrogens is 1. The van der Waals surface area contributed by atoms with Crippen LogP contribution >= 0.6 is 0 Å². The summed E-state index contributed by atoms with van der Waals surface area (Å²) in [5, 5.41) is 11.5. The maximum absolute atomic E-state index is 12.0. The number of hydrogen-bond acceptors (Lipinski definition) is 4. The van der Waals surface area contributed by atoms with Crippen molar-refractivity contribution in [1.29, 1.82) is 5.26 Å². The van der Waals surface area contributed by atoms with Crippen LogP contribution in [0.15, 0.2) is 42.6 Å². The highest BCUT2D eigenvalue weighted by Crippen LogP contribution is 2.14. The Morgan fingerprint density at radius 3 is 2.67 bits per heavy atom. The van der Waals surface area contributed by atoms with Crippen LogP contribution in [0.3, 0.4) is 0 Å². The molecule has 1 amide bonds. The molecule has 0 saturated carbocycles. The van der Waals surface area contributed by atoms with Crippen molar-refractivity contribution in [3.63, 3.8) is 0 Å². The molecule has 0 fully saturated rings. The zero-order chi connectivity index (χ0) is 15.2. The number of nitrogens with one attached hydrogen (secondary N) is 1. The molecule has 1 aromatic carbocycles. The van der Waals surface area contributed by atoms with Gasteiger partial charge in [-0.15, -0.1) is 0 Å². The molecule has 2 aromatic rings. The first kappa shape index (κ1) is 14.5. The molecule has 1 N–H and O–H groups in total. The average molecular weight is 281 g/mol. The predicted octanol–water partition coefficient (Wildman–Crippen LogP) is 2.67. The topological polar surface area (TPSA) is 75.0 Å². The Morgan fingerprint density at radius 2 is 2.05 bits per heavy atom. The lowest BCUT2D eigenvalue weighted by molar-refractivity contribution is -0.122. The number of benzene rings is 1. The van der Waals surface area contributed by atoms with Crippen molar-refractivity contribution in [3.05, 3.63) is 53.9 Å². The first-order valence-electron chi connectivity index (χ1n) is 6.49. The maximum atomic E-state index is 12.0. The van der Waals surface area contributed by atoms with E-state index in [2.05, 4.69) is 10.3 Å². The standard InChI is InChI=1S/C16H15N3O2/c1-11-9-14(7-8-18-11)19-16(20)12(2)21-15-5-3-13(10-17)4-6-15/h3-9,12H,1-2H3,(H,18,19,20)/t12-/m0/s1. The summed E-state index contributed by atoms with van der Waals surface area (Å²) in [6.07, 6.45) is 0.989. The monoisotopic (exact) mass is 281 g/mol. The fourth-order valence-electron chi connectivity index (χ4n) is 1.73. The molecule has 1 heterocycles. The number of pyridine rings is 1. The molecule has 0 spiro atoms. The van der Waals surface area contributed by atoms with Gasteiger partial charge in [-0.25, -0.2) is 0 Å². The van der Waals surface area contributed by atoms with Crippen LogP contribution in [0, 0.1) is 18.3 Å². The molecule has 0 aliphatic carbocycles. The molecule has 5 nitrogen and oxygen atoms in total. The van der Waals surface area contributed by atoms with Gasteiger partial charge in [0.2, 0.25) is 0 Å². The third-order valence-corrected chi connectivity index (χ3v) is 2.83. The van der Waals surface area contributed by atoms with Gasteiger partial charge in [-0.2, -0.15) is 5.26 Å². The summed E-state index contributed by atoms with van der Waals surface area (Å²) < 4.78 is 5.54. The van der Waals surface area contributed by atoms with Crippen molar-refractivity contribution in [2.45, 2.75) is 20.0 Å². The van der Waals surface area contributed by atoms with Crippen LogP contribution in [0.2, 0.25) is 0 Å². The highest BCUT2D eigenvalue weighted by atomic mass is 16.5. The van der Waals surface area contributed by atoms with Gasteiger partial charge in [0, 0.05) is 17.6 Å². The number of carbonyl (C=O) groups excluding carboxylic acids is 1. The summed E-state index contributed by atoms with van der Waals surface area (Å²) in [4.78, 5) is 16.1. The van der Waals surface area contributed by atoms with Gasteiger partial charge in [0.1, 0.15) is 5.75 Å². The third kappa shape index (κ3) is 4.05. The number of carbonyl (C=O) groups is 1. The van der Waals surface area contributed by atoms with E-state index in [1.807, 2.05) is 13.0 Å². The number of aryl methyl sites for hydroxylation is 1. The highest BCUT2D eigenvalue weighted by molar-refractivity contribution is 5.94. The largest absolute Gasteiger partial charge is 0.481 e. The second kappa shape index (κ2) is 6.53. The van der Waals surface area contributed by atoms with Gasteiger partial charge in [0.05, 0.1) is 11.6 Å². The number of amides is 1. The van der Waals surface area contributed by atoms with E-state index in [4.69, 9.17) is 10.00 Å². The van der Waals surface area contributed by atoms with E-state index >= 15 is 0 Å². The summed E-state index contributed by atoms with van der Waals surface area (Å²) in [6.45, 7) is 3.52. The van der Waals surface area contributed by atoms with Crippen LogP contribution in [0.1, 0.15) is 18.2 Å². The number of nitrogens with zero attached hydrogens (tertiary/aromatic N) is 2. The van der Waals surface area contributed by atoms with E-state index in [0.717, 1.165) is 5.69 Å². The van der Waals surface area contributed by atoms with Gasteiger partial charge in [-0.3, -0.25) is 9.78 Å². The fraction of sp³-hybridized carbons (Fsp3) is 0.188. The Kier molecular flexibility index (Phi) is 4.52. The normalized spacial score (nSPS) is 11.3. The van der Waals surface area contributed by atoms with Crippen molar-refractivity contribution in [1.82, 2.24) is 4.98 Å². The van der Waals surface area contributed by atoms with E-state index < -0.39 is 6.10 Å². The average Bonchev–Trinajstić information content (AvgIpc) is 2.48. The maximum Gasteiger partial charge on any atom is 0.265 e. The van der Waals surface area contributed by atoms with E-state index in [1.165, 1.54) is 0 Å². The lowest BCUT2D eigenvalue weighted by Crippen LogP contribution is -2.30. The molecule has 0 bridgehead atoms. The lowest BCUT2D eigenvalue weighted by Gasteiger charge is -2.14. The van der Waals surface area contributed by atoms with Crippen LogP contribution in [-0.4, -0.2) is 17.0 Å². The second-order valence-electron chi connectivity index (χ2n) is 4.57. The summed E-state index contributed by atoms with van der Waals surface area (Å²) in [7, 11) is 0. The van der Waals surface area contributed by atoms with Crippen molar-refractivity contribution in [2.24, 2.45) is 0 Å². The van der Waals surface area contributed by atoms with Gasteiger partial charge >= 0.3 is 0 Å². The number of rotatable bonds is 4. The van der Waals surface area contributed by atoms with Gasteiger partial charge < -0.3 is 10.1 Å². The van der Waals surface area contributed by atoms with E-state index in [-0.39, 0.29) is 5.91 Å². The van der Waals surface area contributed by atoms with Crippen molar-refractivity contribution < 1.29 is 9.53 Å². The number of anilines is 1. The SMILES string of the molecule is Cc1cc(NC(=O)[C@H](C)Oc2ccc(C#N)cc2)ccn1. The molecule has 0 aliphatic heterocycles. The van der Waals surface area contributed by atoms with Crippen LogP contribution in [0.5, 0.6) is 5.75 Å². The van der Waals surface area contributed by atoms with Crippen molar-refractivity contribution >= 4 is 11.6 Å². The molecule has 0 radical (unpaired) electrons. The van der Waals surface area contributed by atoms with E-state index in [0.29, 0.717) is 17.0 Å². The number of hydrogen-bond donors (Lipinski definition) is 1. The zero-order valence-corrected chi connectivity index (χ0v) is 11.8. The molecule has 0 aliphatic rings. The minimum atomic E-state index is -0.647. The van der Waals surface area contributed by atoms with Crippen molar-refractivity contribution in [3.8, 4) is 11.8 Å². The first-order valence-corrected chi connectivity index (χ1v) is 6.49. The Labute approximate surface area is 123 Å². The Hall–Kier alpha value is -2.87. The zero-order valence-electron chi connectivity index (χ0n) is 11.8. The van der Waals surface area contributed by atoms with Crippen LogP contribution in [-0.2, 0) is 4.79 Å². The summed E-state index contributed by atoms with van der Waals surface area (Å²) in [5.41, 5.74) is 2.06. The predicted molar refractivity (Wildman–Crippen MR) is 78.9 cm³/mol. The quantitative estimate of drug-likeness (QED) is 0.934. The van der Waals surface area contributed by atoms with Crippen LogP contribution < -0.4 is 10.1 Å². The number of nitriles is 1. The molecule has 5 heteroatoms. The molecule has 1 atom stereocenters. The molecule has 106 valence electrons. The molecule has 0 saturated heterocycles. The minimum absolute atomic E-state index is 0.245. The molecule has 1 aromatic heterocycles. The molecule has 2 rings (SSSR count). The third-order valence-electron chi connectivity index (χ3n) is 2.83. The Balaban J connectivity index is 1.97. The Morgan fingerprint density at radius 1 is 1.33 bits per heavy atom. The Bertz CT molecular complexity index is 675. The smallest absolute Gasteiger partial charge is 0.265 e. The van der Waals surface area contributed by atoms with Crippen LogP contribution in [0.4, 0.5) is 5.69 Å². The molecular formula is C16H15N3O2. The van der Waals surface area contributed by atoms with Crippen LogP contribution in [0.25, 0.3) is 0 Å². The fourth-order valence-corrected chi connectivity index (χ4v) is 1.73. The van der Waals surface area contributed by atoms with Gasteiger partial charge in [-0.1, -0.05) is 0 Å². The van der Waals surface area contributed by atoms with E-state index in [9.17, 15) is 4.79 Å². The van der Waals surface area contributed by atoms with E-state index in [1.54, 1.807) is 49.5 Å². The van der Waals surface area contributed by atoms with Gasteiger partial charge in [-0.05, 0) is 50.2 Å². The minimum Gasteiger partial charge on any atom is -0.481 e. The summed E-state index contributed by atoms with van der Waals surface area (Å²) in [6, 6.07) is 12.2. The molecular weight excluding hydrogens is 266 g/mol. The van der Waals surface area contributed by atoms with Gasteiger partial charge in [0.25, 0.3) is 5.91 Å². The number of ether oxygens (including phenoxy) is 1. The molecule has 0 unspecified atom stereocenters. The molecule has 21 heavy (non-hydrogen) atoms. The summed E-state index contributed by atoms with van der Waals surface area (Å²) >= 11 is 0. The van der Waals surface area contributed by atoms with Crippen molar-refractivity contribution in [2.75, 3.05) is 5.32 Å². The van der Waals surface area contributed by atoms with Gasteiger partial charge in [0.15, 0.2) is 6.10 Å². The first-order chi connectivity index (χ1) is 10.1. The lowest BCUT2D eigenvalue weighted by atomic mass is 10.2. The highest BCUT2D eigenvalue weighted by Gasteiger charge is 2.15.